The molecule has 37 heavy (non-hydrogen) atoms. The number of fused-ring (bicyclic) bond motifs is 1. The summed E-state index contributed by atoms with van der Waals surface area (Å²) >= 11 is 0. The van der Waals surface area contributed by atoms with E-state index in [1.807, 2.05) is 49.4 Å². The van der Waals surface area contributed by atoms with Gasteiger partial charge in [-0.25, -0.2) is 9.78 Å². The Labute approximate surface area is 216 Å². The predicted molar refractivity (Wildman–Crippen MR) is 136 cm³/mol. The van der Waals surface area contributed by atoms with Crippen LogP contribution in [0.3, 0.4) is 0 Å². The molecule has 2 heterocycles. The summed E-state index contributed by atoms with van der Waals surface area (Å²) in [6.07, 6.45) is 1.15. The van der Waals surface area contributed by atoms with Gasteiger partial charge in [-0.1, -0.05) is 24.3 Å². The van der Waals surface area contributed by atoms with Gasteiger partial charge in [0, 0.05) is 44.2 Å². The third kappa shape index (κ3) is 6.68. The van der Waals surface area contributed by atoms with Gasteiger partial charge in [-0.15, -0.1) is 0 Å². The molecule has 0 aliphatic carbocycles. The third-order valence-electron chi connectivity index (χ3n) is 6.36. The summed E-state index contributed by atoms with van der Waals surface area (Å²) in [5.41, 5.74) is 4.60. The molecule has 9 heteroatoms. The first-order valence-electron chi connectivity index (χ1n) is 12.4. The summed E-state index contributed by atoms with van der Waals surface area (Å²) in [4.78, 5) is 30.0. The Bertz CT molecular complexity index is 1220. The number of hydrogen-bond acceptors (Lipinski definition) is 7. The number of carbonyl (C=O) groups is 2. The van der Waals surface area contributed by atoms with Gasteiger partial charge >= 0.3 is 12.1 Å². The maximum atomic E-state index is 12.5. The van der Waals surface area contributed by atoms with Crippen LogP contribution in [-0.2, 0) is 40.1 Å². The van der Waals surface area contributed by atoms with E-state index in [0.717, 1.165) is 39.5 Å². The molecule has 3 aromatic rings. The van der Waals surface area contributed by atoms with E-state index in [2.05, 4.69) is 4.98 Å². The average Bonchev–Trinajstić information content (AvgIpc) is 3.28. The molecule has 0 saturated carbocycles. The van der Waals surface area contributed by atoms with Crippen LogP contribution in [0.25, 0.3) is 11.5 Å². The Balaban J connectivity index is 1.46. The summed E-state index contributed by atoms with van der Waals surface area (Å²) in [7, 11) is 1.55. The lowest BCUT2D eigenvalue weighted by molar-refractivity contribution is -0.136. The molecule has 0 radical (unpaired) electrons. The van der Waals surface area contributed by atoms with Gasteiger partial charge in [-0.05, 0) is 49.1 Å². The van der Waals surface area contributed by atoms with Crippen molar-refractivity contribution in [3.8, 4) is 17.2 Å². The minimum Gasteiger partial charge on any atom is -0.493 e. The van der Waals surface area contributed by atoms with Gasteiger partial charge in [0.1, 0.15) is 18.1 Å². The van der Waals surface area contributed by atoms with Crippen LogP contribution >= 0.6 is 0 Å². The molecule has 9 nitrogen and oxygen atoms in total. The van der Waals surface area contributed by atoms with Crippen molar-refractivity contribution in [2.75, 3.05) is 33.5 Å². The van der Waals surface area contributed by atoms with Gasteiger partial charge < -0.3 is 28.6 Å². The second-order valence-corrected chi connectivity index (χ2v) is 8.84. The first kappa shape index (κ1) is 26.2. The van der Waals surface area contributed by atoms with Gasteiger partial charge in [0.05, 0.1) is 18.9 Å². The number of aliphatic carboxylic acids is 1. The summed E-state index contributed by atoms with van der Waals surface area (Å²) in [6.45, 7) is 3.65. The Morgan fingerprint density at radius 1 is 1.05 bits per heavy atom. The first-order valence-corrected chi connectivity index (χ1v) is 12.4. The Morgan fingerprint density at radius 3 is 2.62 bits per heavy atom. The van der Waals surface area contributed by atoms with Crippen molar-refractivity contribution in [1.29, 1.82) is 0 Å². The van der Waals surface area contributed by atoms with E-state index in [-0.39, 0.29) is 13.0 Å². The molecular formula is C28H32N2O7. The minimum absolute atomic E-state index is 0.0140. The molecule has 196 valence electrons. The fraction of sp³-hybridized carbons (Fsp3) is 0.393. The number of benzene rings is 2. The Morgan fingerprint density at radius 2 is 1.86 bits per heavy atom. The van der Waals surface area contributed by atoms with Crippen LogP contribution in [0, 0.1) is 6.92 Å². The molecule has 0 unspecified atom stereocenters. The number of aryl methyl sites for hydroxylation is 2. The standard InChI is InChI=1S/C28H32N2O7/c1-19-24(29-27(37-19)21-6-4-3-5-7-21)13-15-35-25-10-8-20(9-11-26(31)32)23-18-30(14-12-22(23)25)28(33)36-17-16-34-2/h3-8,10H,9,11-18H2,1-2H3,(H,31,32). The number of carboxylic acid groups (broad SMARTS) is 1. The van der Waals surface area contributed by atoms with Crippen molar-refractivity contribution < 1.29 is 33.3 Å². The molecule has 1 aliphatic heterocycles. The fourth-order valence-electron chi connectivity index (χ4n) is 4.40. The van der Waals surface area contributed by atoms with E-state index < -0.39 is 12.1 Å². The lowest BCUT2D eigenvalue weighted by Gasteiger charge is -2.31. The molecule has 0 spiro atoms. The minimum atomic E-state index is -0.862. The van der Waals surface area contributed by atoms with E-state index in [1.165, 1.54) is 0 Å². The molecule has 0 fully saturated rings. The number of methoxy groups -OCH3 is 1. The third-order valence-corrected chi connectivity index (χ3v) is 6.36. The number of carboxylic acids is 1. The van der Waals surface area contributed by atoms with Crippen LogP contribution in [0.5, 0.6) is 5.75 Å². The second-order valence-electron chi connectivity index (χ2n) is 8.84. The molecule has 1 aromatic heterocycles. The molecule has 1 N–H and O–H groups in total. The summed E-state index contributed by atoms with van der Waals surface area (Å²) in [5, 5.41) is 9.18. The van der Waals surface area contributed by atoms with Crippen molar-refractivity contribution in [2.24, 2.45) is 0 Å². The van der Waals surface area contributed by atoms with Gasteiger partial charge in [0.25, 0.3) is 0 Å². The highest BCUT2D eigenvalue weighted by molar-refractivity contribution is 5.69. The molecule has 4 rings (SSSR count). The molecule has 2 aromatic carbocycles. The van der Waals surface area contributed by atoms with Crippen molar-refractivity contribution in [2.45, 2.75) is 39.2 Å². The Hall–Kier alpha value is -3.85. The van der Waals surface area contributed by atoms with Crippen molar-refractivity contribution in [3.63, 3.8) is 0 Å². The number of ether oxygens (including phenoxy) is 3. The molecule has 0 atom stereocenters. The number of nitrogens with zero attached hydrogens (tertiary/aromatic N) is 2. The van der Waals surface area contributed by atoms with Crippen LogP contribution in [0.15, 0.2) is 46.9 Å². The van der Waals surface area contributed by atoms with Crippen molar-refractivity contribution in [1.82, 2.24) is 9.88 Å². The van der Waals surface area contributed by atoms with E-state index >= 15 is 0 Å². The first-order chi connectivity index (χ1) is 18.0. The number of hydrogen-bond donors (Lipinski definition) is 1. The van der Waals surface area contributed by atoms with Gasteiger partial charge in [0.2, 0.25) is 5.89 Å². The molecule has 0 saturated heterocycles. The largest absolute Gasteiger partial charge is 0.493 e. The number of oxazole rings is 1. The average molecular weight is 509 g/mol. The van der Waals surface area contributed by atoms with Crippen molar-refractivity contribution in [3.05, 3.63) is 70.6 Å². The van der Waals surface area contributed by atoms with E-state index in [0.29, 0.717) is 51.5 Å². The monoisotopic (exact) mass is 508 g/mol. The normalized spacial score (nSPS) is 12.8. The highest BCUT2D eigenvalue weighted by Crippen LogP contribution is 2.32. The fourth-order valence-corrected chi connectivity index (χ4v) is 4.40. The Kier molecular flexibility index (Phi) is 8.79. The van der Waals surface area contributed by atoms with Crippen LogP contribution in [0.2, 0.25) is 0 Å². The maximum absolute atomic E-state index is 12.5. The predicted octanol–water partition coefficient (Wildman–Crippen LogP) is 4.43. The molecule has 0 bridgehead atoms. The van der Waals surface area contributed by atoms with Gasteiger partial charge in [-0.2, -0.15) is 0 Å². The van der Waals surface area contributed by atoms with Crippen LogP contribution in [0.4, 0.5) is 4.79 Å². The van der Waals surface area contributed by atoms with Crippen molar-refractivity contribution >= 4 is 12.1 Å². The number of amides is 1. The zero-order valence-corrected chi connectivity index (χ0v) is 21.2. The highest BCUT2D eigenvalue weighted by Gasteiger charge is 2.26. The number of rotatable bonds is 11. The van der Waals surface area contributed by atoms with Crippen LogP contribution in [0.1, 0.15) is 34.6 Å². The smallest absolute Gasteiger partial charge is 0.410 e. The summed E-state index contributed by atoms with van der Waals surface area (Å²) in [6, 6.07) is 13.5. The molecule has 1 amide bonds. The summed E-state index contributed by atoms with van der Waals surface area (Å²) in [5.74, 6) is 1.23. The lowest BCUT2D eigenvalue weighted by Crippen LogP contribution is -2.37. The molecule has 1 aliphatic rings. The van der Waals surface area contributed by atoms with E-state index in [9.17, 15) is 14.7 Å². The SMILES string of the molecule is COCCOC(=O)N1CCc2c(OCCc3nc(-c4ccccc4)oc3C)ccc(CCC(=O)O)c2C1. The van der Waals surface area contributed by atoms with Crippen LogP contribution < -0.4 is 4.74 Å². The zero-order chi connectivity index (χ0) is 26.2. The van der Waals surface area contributed by atoms with E-state index in [1.54, 1.807) is 12.0 Å². The van der Waals surface area contributed by atoms with Gasteiger partial charge in [0.15, 0.2) is 0 Å². The highest BCUT2D eigenvalue weighted by atomic mass is 16.6. The lowest BCUT2D eigenvalue weighted by atomic mass is 9.92. The number of aromatic nitrogens is 1. The summed E-state index contributed by atoms with van der Waals surface area (Å²) < 4.78 is 22.3. The van der Waals surface area contributed by atoms with E-state index in [4.69, 9.17) is 18.6 Å². The zero-order valence-electron chi connectivity index (χ0n) is 21.2. The van der Waals surface area contributed by atoms with Crippen LogP contribution in [-0.4, -0.2) is 60.5 Å². The second kappa shape index (κ2) is 12.4. The topological polar surface area (TPSA) is 111 Å². The number of carbonyl (C=O) groups excluding carboxylic acids is 1. The van der Waals surface area contributed by atoms with Gasteiger partial charge in [-0.3, -0.25) is 4.79 Å². The maximum Gasteiger partial charge on any atom is 0.410 e. The quantitative estimate of drug-likeness (QED) is 0.379. The molecular weight excluding hydrogens is 476 g/mol.